The van der Waals surface area contributed by atoms with Crippen LogP contribution in [0.1, 0.15) is 57.3 Å². The number of hydrogen-bond donors (Lipinski definition) is 3. The molecule has 3 amide bonds. The number of ether oxygens (including phenoxy) is 3. The fourth-order valence-corrected chi connectivity index (χ4v) is 8.06. The molecule has 3 aliphatic heterocycles. The fourth-order valence-electron chi connectivity index (χ4n) is 7.87. The minimum atomic E-state index is -4.62. The molecule has 3 saturated heterocycles. The number of carbonyl (C=O) groups is 3. The zero-order valence-corrected chi connectivity index (χ0v) is 37.7. The van der Waals surface area contributed by atoms with Crippen LogP contribution in [0.5, 0.6) is 17.2 Å². The number of carbonyl (C=O) groups excluding carboxylic acids is 3. The predicted molar refractivity (Wildman–Crippen MR) is 246 cm³/mol. The zero-order chi connectivity index (χ0) is 49.1. The molecule has 0 bridgehead atoms. The van der Waals surface area contributed by atoms with Crippen LogP contribution in [0, 0.1) is 5.82 Å². The van der Waals surface area contributed by atoms with E-state index in [0.29, 0.717) is 37.8 Å². The summed E-state index contributed by atoms with van der Waals surface area (Å²) in [6.07, 6.45) is -6.29. The molecule has 0 saturated carbocycles. The average molecular weight is 970 g/mol. The Balaban J connectivity index is 0.000000153. The molecule has 6 aromatic carbocycles. The first kappa shape index (κ1) is 49.9. The molecular formula is C52H48ClF4N3O9. The van der Waals surface area contributed by atoms with Crippen LogP contribution < -0.4 is 0 Å². The molecule has 69 heavy (non-hydrogen) atoms. The van der Waals surface area contributed by atoms with Crippen LogP contribution in [0.25, 0.3) is 0 Å². The Morgan fingerprint density at radius 1 is 0.522 bits per heavy atom. The Hall–Kier alpha value is -6.98. The number of hydrogen-bond acceptors (Lipinski definition) is 9. The quantitative estimate of drug-likeness (QED) is 0.121. The summed E-state index contributed by atoms with van der Waals surface area (Å²) in [7, 11) is 0. The molecule has 3 unspecified atom stereocenters. The van der Waals surface area contributed by atoms with Gasteiger partial charge in [0.1, 0.15) is 61.2 Å². The minimum absolute atomic E-state index is 0.0155. The topological polar surface area (TPSA) is 149 Å². The molecule has 6 aromatic rings. The van der Waals surface area contributed by atoms with E-state index in [1.165, 1.54) is 29.2 Å². The number of halogens is 5. The molecule has 17 heteroatoms. The number of phenols is 3. The standard InChI is InChI=1S/C18H16F3NO3.C17H16ClNO3.C17H16FNO3/c19-18(20,21)15-8-13(23)6-7-14(15)16-10-22(17(24)11-25-16)9-12-4-2-1-3-5-12;18-14-8-13(6-7-15(14)20)16-10-19(17(21)11-22-16)9-12-4-2-1-3-5-12;18-15-8-13(20)6-7-14(15)16-10-19(17(21)11-22-16)9-12-4-2-1-3-5-12/h1-8,16,23H,9-11H2;2*1-8,16,20H,9-11H2. The molecule has 360 valence electrons. The number of alkyl halides is 3. The van der Waals surface area contributed by atoms with Crippen LogP contribution in [0.4, 0.5) is 17.6 Å². The number of phenolic OH excluding ortho intramolecular Hbond substituents is 3. The van der Waals surface area contributed by atoms with Crippen LogP contribution in [0.3, 0.4) is 0 Å². The Morgan fingerprint density at radius 3 is 1.36 bits per heavy atom. The highest BCUT2D eigenvalue weighted by molar-refractivity contribution is 6.32. The first-order chi connectivity index (χ1) is 33.1. The van der Waals surface area contributed by atoms with Crippen LogP contribution in [0.2, 0.25) is 5.02 Å². The normalized spacial score (nSPS) is 18.5. The van der Waals surface area contributed by atoms with Crippen molar-refractivity contribution in [3.05, 3.63) is 195 Å². The van der Waals surface area contributed by atoms with Crippen molar-refractivity contribution in [1.29, 1.82) is 0 Å². The van der Waals surface area contributed by atoms with E-state index in [0.717, 1.165) is 28.3 Å². The van der Waals surface area contributed by atoms with Crippen molar-refractivity contribution in [2.75, 3.05) is 39.5 Å². The highest BCUT2D eigenvalue weighted by Gasteiger charge is 2.38. The van der Waals surface area contributed by atoms with E-state index in [1.807, 2.05) is 91.0 Å². The predicted octanol–water partition coefficient (Wildman–Crippen LogP) is 9.29. The van der Waals surface area contributed by atoms with Gasteiger partial charge in [0.2, 0.25) is 17.7 Å². The van der Waals surface area contributed by atoms with Crippen molar-refractivity contribution in [2.24, 2.45) is 0 Å². The van der Waals surface area contributed by atoms with Gasteiger partial charge < -0.3 is 44.2 Å². The Kier molecular flexibility index (Phi) is 16.5. The molecule has 3 aliphatic rings. The van der Waals surface area contributed by atoms with Crippen molar-refractivity contribution in [3.8, 4) is 17.2 Å². The lowest BCUT2D eigenvalue weighted by molar-refractivity contribution is -0.152. The second-order valence-electron chi connectivity index (χ2n) is 16.4. The highest BCUT2D eigenvalue weighted by Crippen LogP contribution is 2.39. The van der Waals surface area contributed by atoms with Crippen molar-refractivity contribution >= 4 is 29.3 Å². The summed E-state index contributed by atoms with van der Waals surface area (Å²) >= 11 is 5.94. The van der Waals surface area contributed by atoms with Crippen molar-refractivity contribution < 1.29 is 61.5 Å². The van der Waals surface area contributed by atoms with Gasteiger partial charge in [-0.1, -0.05) is 115 Å². The summed E-state index contributed by atoms with van der Waals surface area (Å²) < 4.78 is 70.1. The van der Waals surface area contributed by atoms with Crippen molar-refractivity contribution in [1.82, 2.24) is 14.7 Å². The monoisotopic (exact) mass is 969 g/mol. The third-order valence-corrected chi connectivity index (χ3v) is 11.8. The fraction of sp³-hybridized carbons (Fsp3) is 0.250. The largest absolute Gasteiger partial charge is 0.508 e. The molecule has 3 heterocycles. The molecule has 12 nitrogen and oxygen atoms in total. The summed E-state index contributed by atoms with van der Waals surface area (Å²) in [6.45, 7) is 1.80. The molecule has 9 rings (SSSR count). The lowest BCUT2D eigenvalue weighted by atomic mass is 9.99. The second kappa shape index (κ2) is 22.9. The van der Waals surface area contributed by atoms with E-state index in [9.17, 15) is 47.3 Å². The van der Waals surface area contributed by atoms with Crippen molar-refractivity contribution in [3.63, 3.8) is 0 Å². The van der Waals surface area contributed by atoms with E-state index in [2.05, 4.69) is 0 Å². The number of nitrogens with zero attached hydrogens (tertiary/aromatic N) is 3. The first-order valence-corrected chi connectivity index (χ1v) is 22.2. The summed E-state index contributed by atoms with van der Waals surface area (Å²) in [5.41, 5.74) is 3.15. The van der Waals surface area contributed by atoms with E-state index in [-0.39, 0.29) is 78.8 Å². The highest BCUT2D eigenvalue weighted by atomic mass is 35.5. The molecule has 0 aromatic heterocycles. The number of benzene rings is 6. The van der Waals surface area contributed by atoms with Crippen LogP contribution in [-0.2, 0) is 54.4 Å². The van der Waals surface area contributed by atoms with Gasteiger partial charge in [-0.2, -0.15) is 13.2 Å². The molecule has 0 radical (unpaired) electrons. The lowest BCUT2D eigenvalue weighted by Gasteiger charge is -2.34. The molecule has 3 fully saturated rings. The number of aromatic hydroxyl groups is 3. The molecule has 3 N–H and O–H groups in total. The van der Waals surface area contributed by atoms with Gasteiger partial charge in [0.15, 0.2) is 0 Å². The van der Waals surface area contributed by atoms with Gasteiger partial charge >= 0.3 is 6.18 Å². The Labute approximate surface area is 400 Å². The van der Waals surface area contributed by atoms with Gasteiger partial charge in [-0.15, -0.1) is 0 Å². The molecular weight excluding hydrogens is 922 g/mol. The van der Waals surface area contributed by atoms with Crippen LogP contribution in [0.15, 0.2) is 146 Å². The maximum Gasteiger partial charge on any atom is 0.416 e. The van der Waals surface area contributed by atoms with E-state index >= 15 is 0 Å². The Bertz CT molecular complexity index is 2700. The zero-order valence-electron chi connectivity index (χ0n) is 37.0. The van der Waals surface area contributed by atoms with Gasteiger partial charge in [0, 0.05) is 31.3 Å². The number of amides is 3. The van der Waals surface area contributed by atoms with Crippen LogP contribution >= 0.6 is 11.6 Å². The summed E-state index contributed by atoms with van der Waals surface area (Å²) in [6, 6.07) is 40.7. The lowest BCUT2D eigenvalue weighted by Crippen LogP contribution is -2.43. The van der Waals surface area contributed by atoms with Gasteiger partial charge in [-0.25, -0.2) is 4.39 Å². The van der Waals surface area contributed by atoms with E-state index < -0.39 is 35.5 Å². The van der Waals surface area contributed by atoms with Gasteiger partial charge in [0.05, 0.1) is 30.2 Å². The van der Waals surface area contributed by atoms with Crippen LogP contribution in [-0.4, -0.2) is 87.2 Å². The van der Waals surface area contributed by atoms with Gasteiger partial charge in [0.25, 0.3) is 0 Å². The Morgan fingerprint density at radius 2 is 0.928 bits per heavy atom. The number of morpholine rings is 3. The van der Waals surface area contributed by atoms with Gasteiger partial charge in [-0.3, -0.25) is 14.4 Å². The van der Waals surface area contributed by atoms with E-state index in [1.54, 1.807) is 28.0 Å². The smallest absolute Gasteiger partial charge is 0.416 e. The third-order valence-electron chi connectivity index (χ3n) is 11.5. The van der Waals surface area contributed by atoms with Gasteiger partial charge in [-0.05, 0) is 64.2 Å². The SMILES string of the molecule is O=C1COC(c2ccc(O)c(Cl)c2)CN1Cc1ccccc1.O=C1COC(c2ccc(O)cc2C(F)(F)F)CN1Cc1ccccc1.O=C1COC(c2ccc(O)cc2F)CN1Cc1ccccc1. The first-order valence-electron chi connectivity index (χ1n) is 21.8. The average Bonchev–Trinajstić information content (AvgIpc) is 3.33. The molecule has 3 atom stereocenters. The summed E-state index contributed by atoms with van der Waals surface area (Å²) in [5.74, 6) is -1.49. The minimum Gasteiger partial charge on any atom is -0.508 e. The maximum absolute atomic E-state index is 13.9. The summed E-state index contributed by atoms with van der Waals surface area (Å²) in [5, 5.41) is 28.4. The molecule has 0 spiro atoms. The third kappa shape index (κ3) is 13.6. The summed E-state index contributed by atoms with van der Waals surface area (Å²) in [4.78, 5) is 41.0. The second-order valence-corrected chi connectivity index (χ2v) is 16.8. The van der Waals surface area contributed by atoms with Crippen molar-refractivity contribution in [2.45, 2.75) is 44.1 Å². The number of rotatable bonds is 9. The molecule has 0 aliphatic carbocycles. The maximum atomic E-state index is 13.9. The van der Waals surface area contributed by atoms with E-state index in [4.69, 9.17) is 25.8 Å².